The molecule has 0 unspecified atom stereocenters. The maximum absolute atomic E-state index is 6.20. The Kier molecular flexibility index (Phi) is 19.4. The quantitative estimate of drug-likeness (QED) is 0.108. The first-order chi connectivity index (χ1) is 67.9. The molecular weight excluding hydrogens is 1690 g/mol. The molecule has 8 heterocycles. The van der Waals surface area contributed by atoms with Crippen molar-refractivity contribution in [2.45, 2.75) is 0 Å². The van der Waals surface area contributed by atoms with Crippen LogP contribution in [-0.4, -0.2) is 58.6 Å². The van der Waals surface area contributed by atoms with E-state index in [9.17, 15) is 0 Å². The summed E-state index contributed by atoms with van der Waals surface area (Å²) < 4.78 is 15.7. The number of benzene rings is 20. The smallest absolute Gasteiger partial charge is 0.164 e. The summed E-state index contributed by atoms with van der Waals surface area (Å²) in [4.78, 5) is 45.7. The van der Waals surface area contributed by atoms with Crippen molar-refractivity contribution in [3.8, 4) is 120 Å². The molecule has 640 valence electrons. The Labute approximate surface area is 789 Å². The van der Waals surface area contributed by atoms with Crippen LogP contribution in [-0.2, 0) is 0 Å². The highest BCUT2D eigenvalue weighted by Crippen LogP contribution is 2.45. The van der Waals surface area contributed by atoms with E-state index >= 15 is 0 Å². The molecule has 28 rings (SSSR count). The molecule has 0 aliphatic heterocycles. The zero-order valence-corrected chi connectivity index (χ0v) is 74.4. The van der Waals surface area contributed by atoms with Gasteiger partial charge in [0, 0.05) is 130 Å². The van der Waals surface area contributed by atoms with Crippen LogP contribution in [0.5, 0.6) is 0 Å². The van der Waals surface area contributed by atoms with Gasteiger partial charge in [0.15, 0.2) is 52.4 Å². The first-order valence-corrected chi connectivity index (χ1v) is 46.6. The monoisotopic (exact) mass is 1770 g/mol. The number of hydrogen-bond donors (Lipinski definition) is 0. The standard InChI is InChI=1S/C45H28N4.C39H24N4O.C39H24N4S/c1-3-14-29(15-4-1)43-46-44(30-26-27-36-34-20-8-7-18-32(34)33-19-9-10-21-35(33)39(36)28-30)48-45(47-43)38-23-13-25-41-42(38)37-22-11-12-24-40(37)49(41)31-16-5-2-6-17-31;2*1-3-11-25(12-4-1)37-40-38(42-39(41-37)27-20-22-32-31-16-8-10-18-35(31)44-36(32)24-27)26-19-21-30-29-15-7-9-17-33(29)43(34(30)23-26)28-13-5-2-6-14-28/h1-28H;2*1-24H. The van der Waals surface area contributed by atoms with E-state index in [0.29, 0.717) is 52.4 Å². The molecule has 137 heavy (non-hydrogen) atoms. The number of furan rings is 1. The van der Waals surface area contributed by atoms with Crippen molar-refractivity contribution in [2.75, 3.05) is 0 Å². The minimum Gasteiger partial charge on any atom is -0.456 e. The van der Waals surface area contributed by atoms with Crippen molar-refractivity contribution in [2.24, 2.45) is 0 Å². The van der Waals surface area contributed by atoms with E-state index in [2.05, 4.69) is 378 Å². The molecule has 0 amide bonds. The molecule has 20 aromatic carbocycles. The molecule has 13 nitrogen and oxygen atoms in total. The summed E-state index contributed by atoms with van der Waals surface area (Å²) in [5.74, 6) is 5.75. The fourth-order valence-electron chi connectivity index (χ4n) is 19.8. The first kappa shape index (κ1) is 79.6. The van der Waals surface area contributed by atoms with Crippen LogP contribution in [0.2, 0.25) is 0 Å². The second kappa shape index (κ2) is 33.5. The van der Waals surface area contributed by atoms with Gasteiger partial charge in [0.05, 0.1) is 33.1 Å². The summed E-state index contributed by atoms with van der Waals surface area (Å²) in [5.41, 5.74) is 20.3. The number of para-hydroxylation sites is 7. The summed E-state index contributed by atoms with van der Waals surface area (Å²) in [7, 11) is 0. The van der Waals surface area contributed by atoms with Crippen molar-refractivity contribution in [1.82, 2.24) is 58.6 Å². The highest BCUT2D eigenvalue weighted by molar-refractivity contribution is 7.25. The molecule has 0 radical (unpaired) electrons. The molecule has 0 saturated carbocycles. The van der Waals surface area contributed by atoms with Crippen LogP contribution >= 0.6 is 11.3 Å². The summed E-state index contributed by atoms with van der Waals surface area (Å²) in [5, 5.41) is 19.1. The third-order valence-corrected chi connectivity index (χ3v) is 27.3. The fourth-order valence-corrected chi connectivity index (χ4v) is 21.0. The fraction of sp³-hybridized carbons (Fsp3) is 0. The third kappa shape index (κ3) is 14.1. The average molecular weight is 1770 g/mol. The van der Waals surface area contributed by atoms with Gasteiger partial charge in [0.25, 0.3) is 0 Å². The van der Waals surface area contributed by atoms with Gasteiger partial charge >= 0.3 is 0 Å². The van der Waals surface area contributed by atoms with Gasteiger partial charge in [-0.1, -0.05) is 352 Å². The van der Waals surface area contributed by atoms with E-state index in [1.165, 1.54) is 79.6 Å². The molecular formula is C123H76N12OS. The molecule has 0 N–H and O–H groups in total. The van der Waals surface area contributed by atoms with Crippen LogP contribution in [0, 0.1) is 0 Å². The molecule has 0 saturated heterocycles. The van der Waals surface area contributed by atoms with E-state index in [0.717, 1.165) is 127 Å². The summed E-state index contributed by atoms with van der Waals surface area (Å²) >= 11 is 1.80. The second-order valence-corrected chi connectivity index (χ2v) is 35.3. The van der Waals surface area contributed by atoms with E-state index in [4.69, 9.17) is 49.3 Å². The van der Waals surface area contributed by atoms with E-state index < -0.39 is 0 Å². The Bertz CT molecular complexity index is 9230. The highest BCUT2D eigenvalue weighted by atomic mass is 32.1. The molecule has 8 aromatic heterocycles. The molecule has 14 heteroatoms. The van der Waals surface area contributed by atoms with Crippen LogP contribution in [0.4, 0.5) is 0 Å². The lowest BCUT2D eigenvalue weighted by Gasteiger charge is -2.13. The summed E-state index contributed by atoms with van der Waals surface area (Å²) in [6.45, 7) is 0. The van der Waals surface area contributed by atoms with Gasteiger partial charge < -0.3 is 18.1 Å². The van der Waals surface area contributed by atoms with Crippen molar-refractivity contribution < 1.29 is 4.42 Å². The van der Waals surface area contributed by atoms with Gasteiger partial charge in [0.1, 0.15) is 11.2 Å². The number of thiophene rings is 1. The second-order valence-electron chi connectivity index (χ2n) is 34.2. The maximum Gasteiger partial charge on any atom is 0.164 e. The van der Waals surface area contributed by atoms with Gasteiger partial charge in [-0.2, -0.15) is 0 Å². The lowest BCUT2D eigenvalue weighted by atomic mass is 9.93. The predicted molar refractivity (Wildman–Crippen MR) is 564 cm³/mol. The summed E-state index contributed by atoms with van der Waals surface area (Å²) in [6, 6.07) is 160. The molecule has 0 atom stereocenters. The van der Waals surface area contributed by atoms with Crippen molar-refractivity contribution in [1.29, 1.82) is 0 Å². The number of nitrogens with zero attached hydrogens (tertiary/aromatic N) is 12. The number of rotatable bonds is 12. The SMILES string of the molecule is c1ccc(-c2nc(-c3ccc4c(c3)oc3ccccc34)nc(-c3ccc4c5ccccc5n(-c5ccccc5)c4c3)n2)cc1.c1ccc(-c2nc(-c3ccc4c(c3)sc3ccccc34)nc(-c3ccc4c5ccccc5n(-c5ccccc5)c4c3)n2)cc1.c1ccc(-c2nc(-c3ccc4c5ccccc5c5ccccc5c4c3)nc(-c3cccc4c3c3ccccc3n4-c3ccccc3)n2)cc1. The normalized spacial score (nSPS) is 11.6. The largest absolute Gasteiger partial charge is 0.456 e. The molecule has 0 bridgehead atoms. The summed E-state index contributed by atoms with van der Waals surface area (Å²) in [6.07, 6.45) is 0. The van der Waals surface area contributed by atoms with Crippen molar-refractivity contribution >= 4 is 151 Å². The van der Waals surface area contributed by atoms with Gasteiger partial charge in [-0.05, 0) is 142 Å². The average Bonchev–Trinajstić information content (AvgIpc) is 0.935. The molecule has 28 aromatic rings. The minimum absolute atomic E-state index is 0.597. The van der Waals surface area contributed by atoms with Gasteiger partial charge in [0.2, 0.25) is 0 Å². The Balaban J connectivity index is 0.000000107. The van der Waals surface area contributed by atoms with E-state index in [1.807, 2.05) is 97.1 Å². The Morgan fingerprint density at radius 1 is 0.161 bits per heavy atom. The molecule has 0 aliphatic rings. The van der Waals surface area contributed by atoms with E-state index in [1.54, 1.807) is 11.3 Å². The number of hydrogen-bond acceptors (Lipinski definition) is 11. The van der Waals surface area contributed by atoms with Gasteiger partial charge in [-0.3, -0.25) is 0 Å². The van der Waals surface area contributed by atoms with E-state index in [-0.39, 0.29) is 0 Å². The molecule has 0 fully saturated rings. The van der Waals surface area contributed by atoms with Gasteiger partial charge in [-0.25, -0.2) is 44.9 Å². The first-order valence-electron chi connectivity index (χ1n) is 45.8. The molecule has 0 aliphatic carbocycles. The zero-order valence-electron chi connectivity index (χ0n) is 73.6. The Morgan fingerprint density at radius 3 is 0.927 bits per heavy atom. The van der Waals surface area contributed by atoms with Crippen LogP contribution in [0.25, 0.3) is 259 Å². The van der Waals surface area contributed by atoms with Crippen LogP contribution in [0.1, 0.15) is 0 Å². The van der Waals surface area contributed by atoms with Gasteiger partial charge in [-0.15, -0.1) is 11.3 Å². The lowest BCUT2D eigenvalue weighted by Crippen LogP contribution is -2.00. The number of aromatic nitrogens is 12. The molecule has 0 spiro atoms. The predicted octanol–water partition coefficient (Wildman–Crippen LogP) is 31.6. The maximum atomic E-state index is 6.20. The van der Waals surface area contributed by atoms with Crippen LogP contribution < -0.4 is 0 Å². The zero-order chi connectivity index (χ0) is 90.4. The van der Waals surface area contributed by atoms with Crippen LogP contribution in [0.15, 0.2) is 465 Å². The Hall–Kier alpha value is -18.4. The minimum atomic E-state index is 0.597. The van der Waals surface area contributed by atoms with Crippen molar-refractivity contribution in [3.63, 3.8) is 0 Å². The third-order valence-electron chi connectivity index (χ3n) is 26.1. The highest BCUT2D eigenvalue weighted by Gasteiger charge is 2.25. The lowest BCUT2D eigenvalue weighted by molar-refractivity contribution is 0.669. The number of fused-ring (bicyclic) bond motifs is 21. The topological polar surface area (TPSA) is 144 Å². The van der Waals surface area contributed by atoms with Crippen LogP contribution in [0.3, 0.4) is 0 Å². The Morgan fingerprint density at radius 2 is 0.453 bits per heavy atom. The van der Waals surface area contributed by atoms with Crippen molar-refractivity contribution in [3.05, 3.63) is 461 Å².